The number of amides is 1. The largest absolute Gasteiger partial charge is 0.504 e. The van der Waals surface area contributed by atoms with E-state index in [9.17, 15) is 23.2 Å². The molecule has 0 atom stereocenters. The second kappa shape index (κ2) is 9.76. The molecule has 0 saturated heterocycles. The summed E-state index contributed by atoms with van der Waals surface area (Å²) in [7, 11) is 0. The number of carbonyl (C=O) groups is 1. The van der Waals surface area contributed by atoms with Crippen molar-refractivity contribution < 1.29 is 35.6 Å². The third-order valence-corrected chi connectivity index (χ3v) is 6.66. The highest BCUT2D eigenvalue weighted by atomic mass is 19.4. The van der Waals surface area contributed by atoms with Crippen molar-refractivity contribution in [2.75, 3.05) is 4.90 Å². The van der Waals surface area contributed by atoms with E-state index < -0.39 is 47.8 Å². The van der Waals surface area contributed by atoms with Gasteiger partial charge in [0, 0.05) is 30.2 Å². The third-order valence-electron chi connectivity index (χ3n) is 6.66. The van der Waals surface area contributed by atoms with Gasteiger partial charge in [-0.15, -0.1) is 23.4 Å². The Kier molecular flexibility index (Phi) is 6.63. The third kappa shape index (κ3) is 5.27. The van der Waals surface area contributed by atoms with E-state index in [-0.39, 0.29) is 39.8 Å². The van der Waals surface area contributed by atoms with Crippen LogP contribution in [0.3, 0.4) is 0 Å². The zero-order valence-electron chi connectivity index (χ0n) is 21.5. The minimum absolute atomic E-state index is 0.108. The fourth-order valence-corrected chi connectivity index (χ4v) is 4.31. The zero-order chi connectivity index (χ0) is 29.7. The van der Waals surface area contributed by atoms with Crippen LogP contribution in [0.25, 0.3) is 22.6 Å². The number of rotatable bonds is 5. The topological polar surface area (TPSA) is 101 Å². The molecule has 5 rings (SSSR count). The fourth-order valence-electron chi connectivity index (χ4n) is 4.31. The van der Waals surface area contributed by atoms with Crippen molar-refractivity contribution in [1.29, 1.82) is 5.26 Å². The van der Waals surface area contributed by atoms with Crippen LogP contribution in [0.2, 0.25) is 0 Å². The molecule has 1 aliphatic rings. The predicted molar refractivity (Wildman–Crippen MR) is 132 cm³/mol. The Bertz CT molecular complexity index is 1670. The molecule has 0 unspecified atom stereocenters. The molecule has 3 heterocycles. The molecule has 212 valence electrons. The summed E-state index contributed by atoms with van der Waals surface area (Å²) in [6, 6.07) is 9.74. The molecule has 0 radical (unpaired) electrons. The van der Waals surface area contributed by atoms with Gasteiger partial charge in [0.05, 0.1) is 30.1 Å². The number of halogens is 6. The number of nitriles is 1. The molecule has 0 bridgehead atoms. The summed E-state index contributed by atoms with van der Waals surface area (Å²) in [6.45, 7) is 2.82. The number of alkyl halides is 5. The van der Waals surface area contributed by atoms with Crippen molar-refractivity contribution in [2.45, 2.75) is 50.9 Å². The molecule has 0 saturated carbocycles. The van der Waals surface area contributed by atoms with E-state index in [4.69, 9.17) is 4.42 Å². The predicted octanol–water partition coefficient (Wildman–Crippen LogP) is 6.44. The van der Waals surface area contributed by atoms with Gasteiger partial charge in [0.15, 0.2) is 0 Å². The lowest BCUT2D eigenvalue weighted by molar-refractivity contribution is -0.212. The van der Waals surface area contributed by atoms with Crippen LogP contribution < -0.4 is 4.90 Å². The van der Waals surface area contributed by atoms with Crippen LogP contribution in [-0.2, 0) is 29.0 Å². The highest BCUT2D eigenvalue weighted by Crippen LogP contribution is 2.45. The van der Waals surface area contributed by atoms with E-state index in [1.807, 2.05) is 6.07 Å². The molecule has 1 amide bonds. The lowest BCUT2D eigenvalue weighted by atomic mass is 9.96. The Morgan fingerprint density at radius 1 is 1.10 bits per heavy atom. The van der Waals surface area contributed by atoms with Gasteiger partial charge in [-0.25, -0.2) is 13.2 Å². The van der Waals surface area contributed by atoms with E-state index in [0.717, 1.165) is 23.4 Å². The van der Waals surface area contributed by atoms with Gasteiger partial charge in [0.2, 0.25) is 11.8 Å². The second-order valence-electron chi connectivity index (χ2n) is 10.0. The number of benzene rings is 2. The van der Waals surface area contributed by atoms with Crippen LogP contribution in [0.4, 0.5) is 32.0 Å². The molecule has 1 aliphatic heterocycles. The van der Waals surface area contributed by atoms with Gasteiger partial charge in [0.1, 0.15) is 11.2 Å². The fraction of sp³-hybridized carbons (Fsp3) is 0.296. The number of fused-ring (bicyclic) bond motifs is 1. The maximum absolute atomic E-state index is 15.2. The molecular weight excluding hydrogens is 554 g/mol. The van der Waals surface area contributed by atoms with Crippen molar-refractivity contribution in [3.8, 4) is 28.7 Å². The first-order valence-corrected chi connectivity index (χ1v) is 12.2. The van der Waals surface area contributed by atoms with Crippen molar-refractivity contribution in [1.82, 2.24) is 20.0 Å². The summed E-state index contributed by atoms with van der Waals surface area (Å²) in [4.78, 5) is 14.1. The first-order valence-electron chi connectivity index (χ1n) is 12.2. The van der Waals surface area contributed by atoms with Gasteiger partial charge in [-0.2, -0.15) is 15.0 Å². The normalized spacial score (nSPS) is 15.4. The molecule has 2 aromatic heterocycles. The molecule has 4 aromatic rings. The molecular formula is C27H20F6N6O2. The summed E-state index contributed by atoms with van der Waals surface area (Å²) in [5.74, 6) is -5.71. The van der Waals surface area contributed by atoms with E-state index in [2.05, 4.69) is 15.3 Å². The summed E-state index contributed by atoms with van der Waals surface area (Å²) in [5.41, 5.74) is -1.40. The molecule has 0 aliphatic carbocycles. The second-order valence-corrected chi connectivity index (χ2v) is 10.0. The average Bonchev–Trinajstić information content (AvgIpc) is 3.60. The van der Waals surface area contributed by atoms with Crippen LogP contribution in [-0.4, -0.2) is 25.9 Å². The molecule has 2 aromatic carbocycles. The van der Waals surface area contributed by atoms with E-state index in [1.54, 1.807) is 0 Å². The van der Waals surface area contributed by atoms with E-state index in [0.29, 0.717) is 17.2 Å². The SMILES string of the molecule is CC(C)(C#N)c1nnc(-c2cc3c(cc2F)C(F)(F)CCC(=O)N3Cc2ccc(-c3cnn(C(F)(F)F)c3)cc2)o1. The van der Waals surface area contributed by atoms with E-state index >= 15 is 13.2 Å². The Balaban J connectivity index is 1.51. The number of aromatic nitrogens is 4. The van der Waals surface area contributed by atoms with Gasteiger partial charge < -0.3 is 9.32 Å². The maximum Gasteiger partial charge on any atom is 0.504 e. The maximum atomic E-state index is 15.2. The molecule has 0 N–H and O–H groups in total. The van der Waals surface area contributed by atoms with Gasteiger partial charge in [-0.05, 0) is 37.1 Å². The standard InChI is InChI=1S/C27H20F6N6O2/c1-25(2,14-34)24-37-36-23(41-24)18-9-21-19(10-20(18)28)26(29,30)8-7-22(40)38(21)12-15-3-5-16(6-4-15)17-11-35-39(13-17)27(31,32)33/h3-6,9-11,13H,7-8,12H2,1-2H3. The van der Waals surface area contributed by atoms with Crippen LogP contribution in [0, 0.1) is 17.1 Å². The Hall–Kier alpha value is -4.67. The summed E-state index contributed by atoms with van der Waals surface area (Å²) < 4.78 is 89.3. The van der Waals surface area contributed by atoms with Crippen molar-refractivity contribution in [3.05, 3.63) is 71.6 Å². The van der Waals surface area contributed by atoms with Crippen molar-refractivity contribution in [3.63, 3.8) is 0 Å². The van der Waals surface area contributed by atoms with Crippen LogP contribution in [0.15, 0.2) is 53.2 Å². The quantitative estimate of drug-likeness (QED) is 0.255. The number of hydrogen-bond donors (Lipinski definition) is 0. The van der Waals surface area contributed by atoms with Crippen LogP contribution in [0.5, 0.6) is 0 Å². The molecule has 41 heavy (non-hydrogen) atoms. The highest BCUT2D eigenvalue weighted by Gasteiger charge is 2.41. The minimum atomic E-state index is -4.67. The summed E-state index contributed by atoms with van der Waals surface area (Å²) in [6.07, 6.45) is -4.15. The lowest BCUT2D eigenvalue weighted by Crippen LogP contribution is -2.29. The number of anilines is 1. The highest BCUT2D eigenvalue weighted by molar-refractivity contribution is 5.96. The van der Waals surface area contributed by atoms with Gasteiger partial charge in [-0.1, -0.05) is 24.3 Å². The smallest absolute Gasteiger partial charge is 0.419 e. The van der Waals surface area contributed by atoms with Crippen LogP contribution >= 0.6 is 0 Å². The number of hydrogen-bond acceptors (Lipinski definition) is 6. The van der Waals surface area contributed by atoms with Gasteiger partial charge >= 0.3 is 6.30 Å². The number of nitrogens with zero attached hydrogens (tertiary/aromatic N) is 6. The molecule has 0 fully saturated rings. The Morgan fingerprint density at radius 3 is 2.44 bits per heavy atom. The summed E-state index contributed by atoms with van der Waals surface area (Å²) in [5, 5.41) is 20.2. The van der Waals surface area contributed by atoms with E-state index in [1.165, 1.54) is 38.1 Å². The van der Waals surface area contributed by atoms with Crippen molar-refractivity contribution in [2.24, 2.45) is 0 Å². The summed E-state index contributed by atoms with van der Waals surface area (Å²) >= 11 is 0. The number of carbonyl (C=O) groups excluding carboxylic acids is 1. The Labute approximate surface area is 228 Å². The average molecular weight is 574 g/mol. The first-order chi connectivity index (χ1) is 19.2. The Morgan fingerprint density at radius 2 is 1.80 bits per heavy atom. The van der Waals surface area contributed by atoms with Gasteiger partial charge in [-0.3, -0.25) is 4.79 Å². The van der Waals surface area contributed by atoms with Crippen molar-refractivity contribution >= 4 is 11.6 Å². The molecule has 8 nitrogen and oxygen atoms in total. The zero-order valence-corrected chi connectivity index (χ0v) is 21.5. The van der Waals surface area contributed by atoms with Gasteiger partial charge in [0.25, 0.3) is 11.8 Å². The molecule has 14 heteroatoms. The minimum Gasteiger partial charge on any atom is -0.419 e. The first kappa shape index (κ1) is 27.9. The van der Waals surface area contributed by atoms with Crippen LogP contribution in [0.1, 0.15) is 43.7 Å². The molecule has 0 spiro atoms. The lowest BCUT2D eigenvalue weighted by Gasteiger charge is -2.25. The monoisotopic (exact) mass is 574 g/mol.